The van der Waals surface area contributed by atoms with Crippen molar-refractivity contribution in [2.75, 3.05) is 0 Å². The van der Waals surface area contributed by atoms with Gasteiger partial charge in [-0.1, -0.05) is 42.8 Å². The van der Waals surface area contributed by atoms with Gasteiger partial charge in [-0.2, -0.15) is 0 Å². The lowest BCUT2D eigenvalue weighted by Gasteiger charge is -2.16. The summed E-state index contributed by atoms with van der Waals surface area (Å²) in [5.74, 6) is 0.190. The van der Waals surface area contributed by atoms with E-state index in [4.69, 9.17) is 0 Å². The number of hydrogen-bond donors (Lipinski definition) is 1. The molecule has 0 radical (unpaired) electrons. The third-order valence-electron chi connectivity index (χ3n) is 2.65. The zero-order valence-electron chi connectivity index (χ0n) is 10.3. The molecule has 0 spiro atoms. The van der Waals surface area contributed by atoms with Gasteiger partial charge in [-0.3, -0.25) is 4.79 Å². The number of hydrogen-bond acceptors (Lipinski definition) is 1. The zero-order chi connectivity index (χ0) is 12.6. The van der Waals surface area contributed by atoms with Crippen LogP contribution in [0.2, 0.25) is 0 Å². The Morgan fingerprint density at radius 2 is 2.06 bits per heavy atom. The smallest absolute Gasteiger partial charge is 0.165 e. The van der Waals surface area contributed by atoms with Crippen molar-refractivity contribution >= 4 is 32.6 Å². The van der Waals surface area contributed by atoms with E-state index in [0.717, 1.165) is 20.9 Å². The van der Waals surface area contributed by atoms with Gasteiger partial charge in [-0.15, -0.1) is 0 Å². The molecule has 0 saturated heterocycles. The van der Waals surface area contributed by atoms with Crippen LogP contribution < -0.4 is 0 Å². The van der Waals surface area contributed by atoms with Crippen LogP contribution in [-0.2, 0) is 0 Å². The van der Waals surface area contributed by atoms with Crippen molar-refractivity contribution in [2.45, 2.75) is 27.2 Å². The molecule has 1 aromatic carbocycles. The van der Waals surface area contributed by atoms with E-state index < -0.39 is 0 Å². The second-order valence-electron chi connectivity index (χ2n) is 5.53. The second kappa shape index (κ2) is 4.30. The van der Waals surface area contributed by atoms with Crippen molar-refractivity contribution < 1.29 is 4.79 Å². The van der Waals surface area contributed by atoms with Gasteiger partial charge < -0.3 is 4.98 Å². The van der Waals surface area contributed by atoms with Crippen molar-refractivity contribution in [3.63, 3.8) is 0 Å². The van der Waals surface area contributed by atoms with Crippen molar-refractivity contribution in [3.05, 3.63) is 34.4 Å². The Morgan fingerprint density at radius 3 is 2.71 bits per heavy atom. The maximum atomic E-state index is 12.2. The fourth-order valence-corrected chi connectivity index (χ4v) is 2.52. The topological polar surface area (TPSA) is 32.9 Å². The molecule has 0 aliphatic rings. The molecule has 0 fully saturated rings. The standard InChI is InChI=1S/C14H16BrNO/c1-14(2,3)7-12(17)9-8-16-11-6-4-5-10(15)13(9)11/h4-6,8,16H,7H2,1-3H3. The lowest BCUT2D eigenvalue weighted by atomic mass is 9.88. The highest BCUT2D eigenvalue weighted by Gasteiger charge is 2.20. The number of H-pyrrole nitrogens is 1. The first-order valence-corrected chi connectivity index (χ1v) is 6.46. The first-order chi connectivity index (χ1) is 7.88. The summed E-state index contributed by atoms with van der Waals surface area (Å²) < 4.78 is 0.966. The number of rotatable bonds is 2. The van der Waals surface area contributed by atoms with E-state index in [2.05, 4.69) is 41.7 Å². The third kappa shape index (κ3) is 2.60. The molecule has 0 bridgehead atoms. The molecule has 2 aromatic rings. The van der Waals surface area contributed by atoms with Crippen LogP contribution in [0.1, 0.15) is 37.6 Å². The molecule has 1 aromatic heterocycles. The average molecular weight is 294 g/mol. The molecule has 0 aliphatic carbocycles. The minimum absolute atomic E-state index is 0.0158. The quantitative estimate of drug-likeness (QED) is 0.810. The van der Waals surface area contributed by atoms with E-state index in [1.807, 2.05) is 24.4 Å². The molecule has 0 atom stereocenters. The molecule has 0 unspecified atom stereocenters. The summed E-state index contributed by atoms with van der Waals surface area (Å²) in [6, 6.07) is 5.90. The maximum absolute atomic E-state index is 12.2. The highest BCUT2D eigenvalue weighted by atomic mass is 79.9. The molecule has 17 heavy (non-hydrogen) atoms. The average Bonchev–Trinajstić information content (AvgIpc) is 2.60. The van der Waals surface area contributed by atoms with Crippen LogP contribution in [-0.4, -0.2) is 10.8 Å². The molecular formula is C14H16BrNO. The number of aromatic nitrogens is 1. The van der Waals surface area contributed by atoms with E-state index in [9.17, 15) is 4.79 Å². The molecule has 90 valence electrons. The Labute approximate surface area is 110 Å². The highest BCUT2D eigenvalue weighted by molar-refractivity contribution is 9.10. The summed E-state index contributed by atoms with van der Waals surface area (Å²) in [7, 11) is 0. The summed E-state index contributed by atoms with van der Waals surface area (Å²) in [4.78, 5) is 15.4. The summed E-state index contributed by atoms with van der Waals surface area (Å²) in [6.07, 6.45) is 2.37. The fraction of sp³-hybridized carbons (Fsp3) is 0.357. The van der Waals surface area contributed by atoms with E-state index >= 15 is 0 Å². The Balaban J connectivity index is 2.46. The molecule has 1 N–H and O–H groups in total. The third-order valence-corrected chi connectivity index (χ3v) is 3.31. The normalized spacial score (nSPS) is 12.0. The van der Waals surface area contributed by atoms with Crippen molar-refractivity contribution in [1.29, 1.82) is 0 Å². The lowest BCUT2D eigenvalue weighted by molar-refractivity contribution is 0.0941. The SMILES string of the molecule is CC(C)(C)CC(=O)c1c[nH]c2cccc(Br)c12. The lowest BCUT2D eigenvalue weighted by Crippen LogP contribution is -2.12. The van der Waals surface area contributed by atoms with E-state index in [0.29, 0.717) is 6.42 Å². The highest BCUT2D eigenvalue weighted by Crippen LogP contribution is 2.30. The number of carbonyl (C=O) groups is 1. The number of fused-ring (bicyclic) bond motifs is 1. The second-order valence-corrected chi connectivity index (χ2v) is 6.38. The summed E-state index contributed by atoms with van der Waals surface area (Å²) in [5.41, 5.74) is 1.79. The number of carbonyl (C=O) groups excluding carboxylic acids is 1. The number of ketones is 1. The number of halogens is 1. The van der Waals surface area contributed by atoms with Gasteiger partial charge in [-0.25, -0.2) is 0 Å². The van der Waals surface area contributed by atoms with Crippen molar-refractivity contribution in [3.8, 4) is 0 Å². The van der Waals surface area contributed by atoms with Crippen molar-refractivity contribution in [2.24, 2.45) is 5.41 Å². The van der Waals surface area contributed by atoms with Gasteiger partial charge in [-0.05, 0) is 17.5 Å². The van der Waals surface area contributed by atoms with E-state index in [1.54, 1.807) is 0 Å². The number of aromatic amines is 1. The minimum atomic E-state index is 0.0158. The van der Waals surface area contributed by atoms with Crippen LogP contribution in [0.25, 0.3) is 10.9 Å². The zero-order valence-corrected chi connectivity index (χ0v) is 11.9. The predicted molar refractivity (Wildman–Crippen MR) is 74.4 cm³/mol. The summed E-state index contributed by atoms with van der Waals surface area (Å²) >= 11 is 3.50. The van der Waals surface area contributed by atoms with Gasteiger partial charge in [0.15, 0.2) is 5.78 Å². The summed E-state index contributed by atoms with van der Waals surface area (Å²) in [5, 5.41) is 0.988. The molecule has 2 nitrogen and oxygen atoms in total. The first kappa shape index (κ1) is 12.4. The first-order valence-electron chi connectivity index (χ1n) is 5.67. The maximum Gasteiger partial charge on any atom is 0.165 e. The van der Waals surface area contributed by atoms with Gasteiger partial charge in [0.05, 0.1) is 0 Å². The van der Waals surface area contributed by atoms with Crippen LogP contribution >= 0.6 is 15.9 Å². The monoisotopic (exact) mass is 293 g/mol. The van der Waals surface area contributed by atoms with Crippen LogP contribution in [0.4, 0.5) is 0 Å². The Bertz CT molecular complexity index is 563. The van der Waals surface area contributed by atoms with Gasteiger partial charge in [0.2, 0.25) is 0 Å². The van der Waals surface area contributed by atoms with Gasteiger partial charge in [0, 0.05) is 33.6 Å². The van der Waals surface area contributed by atoms with Crippen LogP contribution in [0, 0.1) is 5.41 Å². The Kier molecular flexibility index (Phi) is 3.13. The van der Waals surface area contributed by atoms with Crippen molar-refractivity contribution in [1.82, 2.24) is 4.98 Å². The van der Waals surface area contributed by atoms with Crippen LogP contribution in [0.15, 0.2) is 28.9 Å². The molecule has 0 aliphatic heterocycles. The Hall–Kier alpha value is -1.09. The van der Waals surface area contributed by atoms with Crippen LogP contribution in [0.5, 0.6) is 0 Å². The molecule has 0 amide bonds. The molecular weight excluding hydrogens is 278 g/mol. The van der Waals surface area contributed by atoms with Gasteiger partial charge >= 0.3 is 0 Å². The predicted octanol–water partition coefficient (Wildman–Crippen LogP) is 4.55. The van der Waals surface area contributed by atoms with Gasteiger partial charge in [0.1, 0.15) is 0 Å². The number of Topliss-reactive ketones (excluding diaryl/α,β-unsaturated/α-hetero) is 1. The van der Waals surface area contributed by atoms with E-state index in [1.165, 1.54) is 0 Å². The molecule has 0 saturated carbocycles. The fourth-order valence-electron chi connectivity index (χ4n) is 1.94. The number of nitrogens with one attached hydrogen (secondary N) is 1. The minimum Gasteiger partial charge on any atom is -0.360 e. The molecule has 3 heteroatoms. The van der Waals surface area contributed by atoms with Gasteiger partial charge in [0.25, 0.3) is 0 Å². The Morgan fingerprint density at radius 1 is 1.35 bits per heavy atom. The van der Waals surface area contributed by atoms with Crippen LogP contribution in [0.3, 0.4) is 0 Å². The molecule has 2 rings (SSSR count). The molecule has 1 heterocycles. The largest absolute Gasteiger partial charge is 0.360 e. The number of benzene rings is 1. The summed E-state index contributed by atoms with van der Waals surface area (Å²) in [6.45, 7) is 6.23. The van der Waals surface area contributed by atoms with E-state index in [-0.39, 0.29) is 11.2 Å².